The minimum Gasteiger partial charge on any atom is -0.308 e. The lowest BCUT2D eigenvalue weighted by atomic mass is 9.86. The Balaban J connectivity index is 1.04. The predicted octanol–water partition coefficient (Wildman–Crippen LogP) is 16.5. The summed E-state index contributed by atoms with van der Waals surface area (Å²) in [6, 6.07) is 85.6. The highest BCUT2D eigenvalue weighted by atomic mass is 32.1. The summed E-state index contributed by atoms with van der Waals surface area (Å²) in [5, 5.41) is 5.02. The molecule has 0 saturated carbocycles. The van der Waals surface area contributed by atoms with Gasteiger partial charge in [0, 0.05) is 54.2 Å². The van der Waals surface area contributed by atoms with E-state index in [1.807, 2.05) is 11.3 Å². The maximum absolute atomic E-state index is 5.64. The molecule has 0 saturated heterocycles. The Morgan fingerprint density at radius 2 is 0.971 bits per heavy atom. The van der Waals surface area contributed by atoms with Crippen LogP contribution in [-0.2, 0) is 0 Å². The van der Waals surface area contributed by atoms with Gasteiger partial charge in [0.25, 0.3) is 0 Å². The molecule has 0 amide bonds. The first-order valence-corrected chi connectivity index (χ1v) is 24.0. The first-order chi connectivity index (χ1) is 33.7. The molecule has 318 valence electrons. The van der Waals surface area contributed by atoms with Crippen LogP contribution in [0.15, 0.2) is 247 Å². The SMILES string of the molecule is c1ccc(C2=NC3c4cc(-c5cc(-c6ccccc6)cc(-c6ccccc6)c5)ccc4-c4cc5c(cc4N3C(c3ccccc3)=N2)sc2c5ccc3c4ccccc4n(-c4ccccc4)c32)cc1. The number of aliphatic imine (C=N–C) groups is 2. The van der Waals surface area contributed by atoms with Gasteiger partial charge in [-0.25, -0.2) is 9.98 Å². The Morgan fingerprint density at radius 1 is 0.397 bits per heavy atom. The molecule has 14 rings (SSSR count). The molecule has 1 atom stereocenters. The van der Waals surface area contributed by atoms with E-state index < -0.39 is 0 Å². The number of fused-ring (bicyclic) bond motifs is 13. The number of aromatic nitrogens is 1. The molecule has 12 aromatic rings. The normalized spacial score (nSPS) is 14.2. The Morgan fingerprint density at radius 3 is 1.65 bits per heavy atom. The van der Waals surface area contributed by atoms with E-state index in [2.05, 4.69) is 246 Å². The average molecular weight is 885 g/mol. The summed E-state index contributed by atoms with van der Waals surface area (Å²) in [5.74, 6) is 1.60. The smallest absolute Gasteiger partial charge is 0.159 e. The van der Waals surface area contributed by atoms with Gasteiger partial charge < -0.3 is 4.57 Å². The Kier molecular flexibility index (Phi) is 8.79. The third-order valence-electron chi connectivity index (χ3n) is 13.8. The second-order valence-electron chi connectivity index (χ2n) is 17.7. The van der Waals surface area contributed by atoms with Crippen LogP contribution < -0.4 is 4.90 Å². The van der Waals surface area contributed by atoms with E-state index in [-0.39, 0.29) is 6.17 Å². The number of nitrogens with zero attached hydrogens (tertiary/aromatic N) is 4. The van der Waals surface area contributed by atoms with E-state index in [1.54, 1.807) is 0 Å². The van der Waals surface area contributed by atoms with Crippen LogP contribution in [0.5, 0.6) is 0 Å². The first kappa shape index (κ1) is 38.6. The van der Waals surface area contributed by atoms with Crippen LogP contribution in [0.4, 0.5) is 5.69 Å². The molecule has 2 aliphatic heterocycles. The fourth-order valence-corrected chi connectivity index (χ4v) is 11.9. The third-order valence-corrected chi connectivity index (χ3v) is 14.9. The topological polar surface area (TPSA) is 32.9 Å². The van der Waals surface area contributed by atoms with Crippen molar-refractivity contribution in [2.75, 3.05) is 4.90 Å². The zero-order valence-corrected chi connectivity index (χ0v) is 37.6. The molecule has 0 fully saturated rings. The van der Waals surface area contributed by atoms with Gasteiger partial charge in [-0.3, -0.25) is 4.90 Å². The molecule has 10 aromatic carbocycles. The quantitative estimate of drug-likeness (QED) is 0.164. The second kappa shape index (κ2) is 15.5. The number of rotatable bonds is 6. The van der Waals surface area contributed by atoms with Crippen molar-refractivity contribution in [2.45, 2.75) is 6.17 Å². The number of anilines is 1. The molecule has 4 nitrogen and oxygen atoms in total. The first-order valence-electron chi connectivity index (χ1n) is 23.2. The van der Waals surface area contributed by atoms with Gasteiger partial charge in [-0.15, -0.1) is 11.3 Å². The van der Waals surface area contributed by atoms with Gasteiger partial charge in [0.1, 0.15) is 5.84 Å². The van der Waals surface area contributed by atoms with Gasteiger partial charge >= 0.3 is 0 Å². The van der Waals surface area contributed by atoms with Crippen LogP contribution in [0.3, 0.4) is 0 Å². The number of para-hydroxylation sites is 2. The lowest BCUT2D eigenvalue weighted by Crippen LogP contribution is -2.41. The molecule has 0 N–H and O–H groups in total. The zero-order chi connectivity index (χ0) is 44.7. The summed E-state index contributed by atoms with van der Waals surface area (Å²) in [4.78, 5) is 13.5. The molecule has 0 spiro atoms. The van der Waals surface area contributed by atoms with E-state index in [0.29, 0.717) is 0 Å². The molecule has 0 bridgehead atoms. The van der Waals surface area contributed by atoms with E-state index >= 15 is 0 Å². The highest BCUT2D eigenvalue weighted by molar-refractivity contribution is 7.26. The number of hydrogen-bond donors (Lipinski definition) is 0. The van der Waals surface area contributed by atoms with Crippen molar-refractivity contribution in [1.82, 2.24) is 4.57 Å². The molecule has 68 heavy (non-hydrogen) atoms. The van der Waals surface area contributed by atoms with Gasteiger partial charge in [0.15, 0.2) is 12.0 Å². The van der Waals surface area contributed by atoms with Crippen molar-refractivity contribution in [3.8, 4) is 50.2 Å². The molecule has 0 aliphatic carbocycles. The van der Waals surface area contributed by atoms with Crippen molar-refractivity contribution in [3.63, 3.8) is 0 Å². The standard InChI is InChI=1S/C63H40N4S/c1-6-18-40(19-7-1)45-34-46(41-20-8-2-9-21-41)36-47(35-45)44-30-31-49-53-38-54-52-33-32-51-50-28-16-17-29-56(50)66(48-26-14-5-15-27-48)59(51)60(52)68-58(54)39-57(53)67-62(43-24-12-4-13-25-43)64-61(42-22-10-3-11-23-42)65-63(67)55(49)37-44/h1-39,63H. The van der Waals surface area contributed by atoms with Crippen molar-refractivity contribution in [2.24, 2.45) is 9.98 Å². The average Bonchev–Trinajstić information content (AvgIpc) is 3.96. The highest BCUT2D eigenvalue weighted by Crippen LogP contribution is 2.53. The summed E-state index contributed by atoms with van der Waals surface area (Å²) in [7, 11) is 0. The summed E-state index contributed by atoms with van der Waals surface area (Å²) in [5.41, 5.74) is 17.3. The van der Waals surface area contributed by atoms with Gasteiger partial charge in [-0.05, 0) is 93.5 Å². The van der Waals surface area contributed by atoms with E-state index in [1.165, 1.54) is 75.4 Å². The van der Waals surface area contributed by atoms with Gasteiger partial charge in [0.2, 0.25) is 0 Å². The number of benzene rings is 10. The van der Waals surface area contributed by atoms with E-state index in [0.717, 1.165) is 50.9 Å². The Bertz CT molecular complexity index is 3950. The molecule has 2 aromatic heterocycles. The van der Waals surface area contributed by atoms with Crippen LogP contribution in [0.1, 0.15) is 22.9 Å². The van der Waals surface area contributed by atoms with E-state index in [9.17, 15) is 0 Å². The summed E-state index contributed by atoms with van der Waals surface area (Å²) in [6.45, 7) is 0. The third kappa shape index (κ3) is 6.13. The van der Waals surface area contributed by atoms with E-state index in [4.69, 9.17) is 9.98 Å². The summed E-state index contributed by atoms with van der Waals surface area (Å²) >= 11 is 1.88. The molecular formula is C63H40N4S. The van der Waals surface area contributed by atoms with Crippen LogP contribution in [0.25, 0.3) is 92.2 Å². The number of amidine groups is 2. The largest absolute Gasteiger partial charge is 0.308 e. The Hall–Kier alpha value is -8.64. The fourth-order valence-electron chi connectivity index (χ4n) is 10.6. The van der Waals surface area contributed by atoms with Crippen LogP contribution in [-0.4, -0.2) is 16.2 Å². The van der Waals surface area contributed by atoms with Gasteiger partial charge in [-0.2, -0.15) is 0 Å². The number of hydrogen-bond acceptors (Lipinski definition) is 4. The molecular weight excluding hydrogens is 845 g/mol. The van der Waals surface area contributed by atoms with Crippen LogP contribution in [0.2, 0.25) is 0 Å². The molecule has 4 heterocycles. The Labute approximate surface area is 397 Å². The minimum absolute atomic E-state index is 0.384. The van der Waals surface area contributed by atoms with Crippen molar-refractivity contribution in [3.05, 3.63) is 253 Å². The van der Waals surface area contributed by atoms with Crippen LogP contribution in [0, 0.1) is 0 Å². The summed E-state index contributed by atoms with van der Waals surface area (Å²) < 4.78 is 4.96. The maximum Gasteiger partial charge on any atom is 0.159 e. The lowest BCUT2D eigenvalue weighted by Gasteiger charge is -2.41. The minimum atomic E-state index is -0.384. The summed E-state index contributed by atoms with van der Waals surface area (Å²) in [6.07, 6.45) is -0.384. The zero-order valence-electron chi connectivity index (χ0n) is 36.8. The highest BCUT2D eigenvalue weighted by Gasteiger charge is 2.38. The maximum atomic E-state index is 5.64. The molecule has 2 aliphatic rings. The van der Waals surface area contributed by atoms with Crippen LogP contribution >= 0.6 is 11.3 Å². The predicted molar refractivity (Wildman–Crippen MR) is 287 cm³/mol. The van der Waals surface area contributed by atoms with Crippen molar-refractivity contribution in [1.29, 1.82) is 0 Å². The second-order valence-corrected chi connectivity index (χ2v) is 18.7. The monoisotopic (exact) mass is 884 g/mol. The number of thiophene rings is 1. The van der Waals surface area contributed by atoms with Crippen molar-refractivity contribution >= 4 is 70.7 Å². The van der Waals surface area contributed by atoms with Gasteiger partial charge in [0.05, 0.1) is 21.4 Å². The molecule has 5 heteroatoms. The van der Waals surface area contributed by atoms with Gasteiger partial charge in [-0.1, -0.05) is 182 Å². The lowest BCUT2D eigenvalue weighted by molar-refractivity contribution is 0.737. The molecule has 0 radical (unpaired) electrons. The fraction of sp³-hybridized carbons (Fsp3) is 0.0159. The molecule has 1 unspecified atom stereocenters. The van der Waals surface area contributed by atoms with Crippen molar-refractivity contribution < 1.29 is 0 Å².